The van der Waals surface area contributed by atoms with E-state index in [1.54, 1.807) is 16.8 Å². The van der Waals surface area contributed by atoms with Crippen molar-refractivity contribution < 1.29 is 0 Å². The smallest absolute Gasteiger partial charge is 0.155 e. The SMILES string of the molecule is CCc1nn(C)cc1Nc1nc(Cl)ccc1N. The zero-order chi connectivity index (χ0) is 12.4. The first kappa shape index (κ1) is 11.7. The Morgan fingerprint density at radius 3 is 2.94 bits per heavy atom. The molecule has 90 valence electrons. The number of anilines is 3. The predicted molar refractivity (Wildman–Crippen MR) is 69.5 cm³/mol. The molecule has 0 radical (unpaired) electrons. The van der Waals surface area contributed by atoms with Gasteiger partial charge in [-0.25, -0.2) is 4.98 Å². The molecule has 0 bridgehead atoms. The number of hydrogen-bond donors (Lipinski definition) is 2. The minimum absolute atomic E-state index is 0.406. The summed E-state index contributed by atoms with van der Waals surface area (Å²) in [6.07, 6.45) is 2.73. The van der Waals surface area contributed by atoms with Crippen LogP contribution in [-0.2, 0) is 13.5 Å². The fraction of sp³-hybridized carbons (Fsp3) is 0.273. The molecular weight excluding hydrogens is 238 g/mol. The monoisotopic (exact) mass is 251 g/mol. The lowest BCUT2D eigenvalue weighted by Crippen LogP contribution is -2.00. The summed E-state index contributed by atoms with van der Waals surface area (Å²) in [6, 6.07) is 3.38. The van der Waals surface area contributed by atoms with Crippen molar-refractivity contribution >= 4 is 28.8 Å². The Hall–Kier alpha value is -1.75. The van der Waals surface area contributed by atoms with Crippen LogP contribution in [0.5, 0.6) is 0 Å². The van der Waals surface area contributed by atoms with Gasteiger partial charge in [0.05, 0.1) is 17.1 Å². The van der Waals surface area contributed by atoms with Gasteiger partial charge in [0.2, 0.25) is 0 Å². The van der Waals surface area contributed by atoms with Crippen LogP contribution in [0, 0.1) is 0 Å². The normalized spacial score (nSPS) is 10.5. The molecule has 0 aliphatic carbocycles. The van der Waals surface area contributed by atoms with E-state index in [1.807, 2.05) is 20.2 Å². The molecule has 2 heterocycles. The van der Waals surface area contributed by atoms with Crippen LogP contribution in [0.25, 0.3) is 0 Å². The van der Waals surface area contributed by atoms with E-state index in [4.69, 9.17) is 17.3 Å². The summed E-state index contributed by atoms with van der Waals surface area (Å²) < 4.78 is 1.75. The molecule has 0 fully saturated rings. The molecule has 5 nitrogen and oxygen atoms in total. The van der Waals surface area contributed by atoms with Gasteiger partial charge in [-0.2, -0.15) is 5.10 Å². The van der Waals surface area contributed by atoms with E-state index < -0.39 is 0 Å². The summed E-state index contributed by atoms with van der Waals surface area (Å²) in [5.41, 5.74) is 8.25. The number of nitrogen functional groups attached to an aromatic ring is 1. The molecular formula is C11H14ClN5. The van der Waals surface area contributed by atoms with Gasteiger partial charge in [0, 0.05) is 13.2 Å². The van der Waals surface area contributed by atoms with Gasteiger partial charge in [-0.15, -0.1) is 0 Å². The van der Waals surface area contributed by atoms with E-state index >= 15 is 0 Å². The van der Waals surface area contributed by atoms with E-state index in [9.17, 15) is 0 Å². The highest BCUT2D eigenvalue weighted by atomic mass is 35.5. The van der Waals surface area contributed by atoms with Crippen LogP contribution in [0.3, 0.4) is 0 Å². The first-order valence-electron chi connectivity index (χ1n) is 5.31. The van der Waals surface area contributed by atoms with Gasteiger partial charge >= 0.3 is 0 Å². The number of rotatable bonds is 3. The number of aromatic nitrogens is 3. The van der Waals surface area contributed by atoms with Gasteiger partial charge in [-0.05, 0) is 18.6 Å². The average Bonchev–Trinajstić information content (AvgIpc) is 2.64. The lowest BCUT2D eigenvalue weighted by Gasteiger charge is -2.07. The zero-order valence-electron chi connectivity index (χ0n) is 9.74. The molecule has 0 unspecified atom stereocenters. The third-order valence-electron chi connectivity index (χ3n) is 2.39. The summed E-state index contributed by atoms with van der Waals surface area (Å²) in [6.45, 7) is 2.04. The molecule has 2 rings (SSSR count). The second-order valence-electron chi connectivity index (χ2n) is 3.71. The number of nitrogens with two attached hydrogens (primary N) is 1. The van der Waals surface area contributed by atoms with Gasteiger partial charge in [-0.1, -0.05) is 18.5 Å². The molecule has 17 heavy (non-hydrogen) atoms. The molecule has 3 N–H and O–H groups in total. The Morgan fingerprint density at radius 2 is 2.24 bits per heavy atom. The Labute approximate surface area is 105 Å². The van der Waals surface area contributed by atoms with Crippen molar-refractivity contribution in [3.8, 4) is 0 Å². The van der Waals surface area contributed by atoms with Crippen LogP contribution < -0.4 is 11.1 Å². The van der Waals surface area contributed by atoms with Gasteiger partial charge < -0.3 is 11.1 Å². The van der Waals surface area contributed by atoms with Gasteiger partial charge in [0.1, 0.15) is 5.15 Å². The summed E-state index contributed by atoms with van der Waals surface area (Å²) in [4.78, 5) is 4.14. The highest BCUT2D eigenvalue weighted by molar-refractivity contribution is 6.29. The Bertz CT molecular complexity index is 535. The largest absolute Gasteiger partial charge is 0.396 e. The van der Waals surface area contributed by atoms with E-state index in [0.29, 0.717) is 16.7 Å². The van der Waals surface area contributed by atoms with Crippen molar-refractivity contribution in [2.75, 3.05) is 11.1 Å². The van der Waals surface area contributed by atoms with Crippen LogP contribution >= 0.6 is 11.6 Å². The first-order valence-corrected chi connectivity index (χ1v) is 5.69. The molecule has 0 atom stereocenters. The minimum Gasteiger partial charge on any atom is -0.396 e. The molecule has 2 aromatic heterocycles. The number of halogens is 1. The maximum absolute atomic E-state index is 5.83. The molecule has 0 amide bonds. The van der Waals surface area contributed by atoms with Gasteiger partial charge in [-0.3, -0.25) is 4.68 Å². The number of pyridine rings is 1. The number of hydrogen-bond acceptors (Lipinski definition) is 4. The summed E-state index contributed by atoms with van der Waals surface area (Å²) >= 11 is 5.83. The first-order chi connectivity index (χ1) is 8.10. The fourth-order valence-corrected chi connectivity index (χ4v) is 1.72. The van der Waals surface area contributed by atoms with Crippen LogP contribution in [0.15, 0.2) is 18.3 Å². The topological polar surface area (TPSA) is 68.8 Å². The number of nitrogens with zero attached hydrogens (tertiary/aromatic N) is 3. The molecule has 0 aliphatic heterocycles. The minimum atomic E-state index is 0.406. The quantitative estimate of drug-likeness (QED) is 0.822. The maximum atomic E-state index is 5.83. The van der Waals surface area contributed by atoms with Crippen LogP contribution in [0.1, 0.15) is 12.6 Å². The third-order valence-corrected chi connectivity index (χ3v) is 2.60. The van der Waals surface area contributed by atoms with Crippen molar-refractivity contribution in [2.24, 2.45) is 7.05 Å². The fourth-order valence-electron chi connectivity index (χ4n) is 1.57. The third kappa shape index (κ3) is 2.50. The highest BCUT2D eigenvalue weighted by Crippen LogP contribution is 2.24. The summed E-state index contributed by atoms with van der Waals surface area (Å²) in [5.74, 6) is 0.556. The van der Waals surface area contributed by atoms with Crippen molar-refractivity contribution in [1.82, 2.24) is 14.8 Å². The van der Waals surface area contributed by atoms with Crippen molar-refractivity contribution in [3.05, 3.63) is 29.2 Å². The molecule has 0 spiro atoms. The molecule has 0 saturated carbocycles. The second-order valence-corrected chi connectivity index (χ2v) is 4.10. The summed E-state index contributed by atoms with van der Waals surface area (Å²) in [5, 5.41) is 7.89. The Kier molecular flexibility index (Phi) is 3.19. The van der Waals surface area contributed by atoms with Crippen LogP contribution in [0.2, 0.25) is 5.15 Å². The predicted octanol–water partition coefficient (Wildman–Crippen LogP) is 2.36. The highest BCUT2D eigenvalue weighted by Gasteiger charge is 2.08. The maximum Gasteiger partial charge on any atom is 0.155 e. The van der Waals surface area contributed by atoms with Crippen LogP contribution in [0.4, 0.5) is 17.2 Å². The molecule has 2 aromatic rings. The molecule has 6 heteroatoms. The number of aryl methyl sites for hydroxylation is 2. The summed E-state index contributed by atoms with van der Waals surface area (Å²) in [7, 11) is 1.87. The standard InChI is InChI=1S/C11H14ClN5/c1-3-8-9(6-17(2)16-8)14-11-7(13)4-5-10(12)15-11/h4-6H,3,13H2,1-2H3,(H,14,15). The molecule has 0 aliphatic rings. The number of nitrogens with one attached hydrogen (secondary N) is 1. The van der Waals surface area contributed by atoms with Crippen molar-refractivity contribution in [2.45, 2.75) is 13.3 Å². The lowest BCUT2D eigenvalue weighted by atomic mass is 10.3. The molecule has 0 aromatic carbocycles. The second kappa shape index (κ2) is 4.63. The van der Waals surface area contributed by atoms with E-state index in [1.165, 1.54) is 0 Å². The van der Waals surface area contributed by atoms with Crippen molar-refractivity contribution in [3.63, 3.8) is 0 Å². The Balaban J connectivity index is 2.33. The van der Waals surface area contributed by atoms with Gasteiger partial charge in [0.25, 0.3) is 0 Å². The van der Waals surface area contributed by atoms with Crippen molar-refractivity contribution in [1.29, 1.82) is 0 Å². The van der Waals surface area contributed by atoms with E-state index in [0.717, 1.165) is 17.8 Å². The van der Waals surface area contributed by atoms with E-state index in [-0.39, 0.29) is 0 Å². The van der Waals surface area contributed by atoms with E-state index in [2.05, 4.69) is 15.4 Å². The average molecular weight is 252 g/mol. The Morgan fingerprint density at radius 1 is 1.47 bits per heavy atom. The van der Waals surface area contributed by atoms with Crippen LogP contribution in [-0.4, -0.2) is 14.8 Å². The molecule has 0 saturated heterocycles. The van der Waals surface area contributed by atoms with Gasteiger partial charge in [0.15, 0.2) is 5.82 Å². The lowest BCUT2D eigenvalue weighted by molar-refractivity contribution is 0.746. The zero-order valence-corrected chi connectivity index (χ0v) is 10.5.